The van der Waals surface area contributed by atoms with Crippen molar-refractivity contribution in [3.63, 3.8) is 0 Å². The van der Waals surface area contributed by atoms with Crippen molar-refractivity contribution in [3.8, 4) is 0 Å². The molecule has 0 atom stereocenters. The average Bonchev–Trinajstić information content (AvgIpc) is 2.50. The first-order valence-electron chi connectivity index (χ1n) is 7.76. The van der Waals surface area contributed by atoms with Gasteiger partial charge in [0.15, 0.2) is 9.84 Å². The Morgan fingerprint density at radius 3 is 1.64 bits per heavy atom. The summed E-state index contributed by atoms with van der Waals surface area (Å²) in [5.74, 6) is 0. The van der Waals surface area contributed by atoms with E-state index in [4.69, 9.17) is 0 Å². The predicted molar refractivity (Wildman–Crippen MR) is 100 cm³/mol. The summed E-state index contributed by atoms with van der Waals surface area (Å²) in [6.07, 6.45) is 1.05. The molecule has 0 radical (unpaired) electrons. The molecule has 0 saturated heterocycles. The second kappa shape index (κ2) is 6.46. The topological polar surface area (TPSA) is 80.3 Å². The fourth-order valence-corrected chi connectivity index (χ4v) is 5.53. The number of rotatable bonds is 4. The third-order valence-electron chi connectivity index (χ3n) is 4.73. The number of nitrogens with one attached hydrogen (secondary N) is 1. The Kier molecular flexibility index (Phi) is 5.03. The lowest BCUT2D eigenvalue weighted by molar-refractivity contribution is 0.599. The molecule has 0 bridgehead atoms. The zero-order valence-electron chi connectivity index (χ0n) is 15.3. The van der Waals surface area contributed by atoms with Gasteiger partial charge in [0.25, 0.3) is 10.0 Å². The normalized spacial score (nSPS) is 12.2. The van der Waals surface area contributed by atoms with Crippen molar-refractivity contribution in [2.24, 2.45) is 0 Å². The summed E-state index contributed by atoms with van der Waals surface area (Å²) in [6, 6.07) is 5.99. The van der Waals surface area contributed by atoms with Crippen LogP contribution in [0.15, 0.2) is 34.1 Å². The van der Waals surface area contributed by atoms with Gasteiger partial charge in [0.2, 0.25) is 0 Å². The standard InChI is InChI=1S/C18H23NO4S2/c1-11-12(2)14(4)18(15(5)13(11)3)25(22,23)19-16-9-7-8-10-17(16)24(6,20)21/h7-10,19H,1-6H3. The van der Waals surface area contributed by atoms with Crippen LogP contribution in [0.5, 0.6) is 0 Å². The smallest absolute Gasteiger partial charge is 0.262 e. The van der Waals surface area contributed by atoms with Gasteiger partial charge in [-0.05, 0) is 74.6 Å². The van der Waals surface area contributed by atoms with Crippen molar-refractivity contribution in [3.05, 3.63) is 52.1 Å². The maximum atomic E-state index is 13.0. The number of sulfonamides is 1. The summed E-state index contributed by atoms with van der Waals surface area (Å²) in [7, 11) is -7.49. The lowest BCUT2D eigenvalue weighted by atomic mass is 9.95. The van der Waals surface area contributed by atoms with Crippen molar-refractivity contribution in [1.29, 1.82) is 0 Å². The first-order chi connectivity index (χ1) is 11.4. The molecule has 1 N–H and O–H groups in total. The summed E-state index contributed by atoms with van der Waals surface area (Å²) in [5.41, 5.74) is 4.29. The van der Waals surface area contributed by atoms with Crippen LogP contribution >= 0.6 is 0 Å². The van der Waals surface area contributed by atoms with Gasteiger partial charge in [0, 0.05) is 6.26 Å². The molecular formula is C18H23NO4S2. The van der Waals surface area contributed by atoms with E-state index in [2.05, 4.69) is 4.72 Å². The van der Waals surface area contributed by atoms with Crippen molar-refractivity contribution >= 4 is 25.5 Å². The monoisotopic (exact) mass is 381 g/mol. The predicted octanol–water partition coefficient (Wildman–Crippen LogP) is 3.43. The second-order valence-corrected chi connectivity index (χ2v) is 9.93. The summed E-state index contributed by atoms with van der Waals surface area (Å²) in [5, 5.41) is 0. The molecule has 2 rings (SSSR count). The first kappa shape index (κ1) is 19.5. The fraction of sp³-hybridized carbons (Fsp3) is 0.333. The molecule has 0 saturated carbocycles. The Hall–Kier alpha value is -1.86. The highest BCUT2D eigenvalue weighted by molar-refractivity contribution is 7.93. The van der Waals surface area contributed by atoms with E-state index in [1.54, 1.807) is 26.0 Å². The summed E-state index contributed by atoms with van der Waals surface area (Å²) < 4.78 is 52.4. The molecule has 2 aromatic rings. The summed E-state index contributed by atoms with van der Waals surface area (Å²) >= 11 is 0. The first-order valence-corrected chi connectivity index (χ1v) is 11.1. The molecule has 7 heteroatoms. The molecule has 5 nitrogen and oxygen atoms in total. The van der Waals surface area contributed by atoms with Gasteiger partial charge in [0.05, 0.1) is 15.5 Å². The van der Waals surface area contributed by atoms with Crippen LogP contribution in [0.4, 0.5) is 5.69 Å². The van der Waals surface area contributed by atoms with Crippen LogP contribution in [0.1, 0.15) is 27.8 Å². The van der Waals surface area contributed by atoms with Gasteiger partial charge in [0.1, 0.15) is 0 Å². The fourth-order valence-electron chi connectivity index (χ4n) is 2.94. The minimum absolute atomic E-state index is 0.0468. The minimum Gasteiger partial charge on any atom is -0.278 e. The number of hydrogen-bond acceptors (Lipinski definition) is 4. The van der Waals surface area contributed by atoms with E-state index < -0.39 is 19.9 Å². The molecular weight excluding hydrogens is 358 g/mol. The maximum absolute atomic E-state index is 13.0. The summed E-state index contributed by atoms with van der Waals surface area (Å²) in [6.45, 7) is 9.28. The summed E-state index contributed by atoms with van der Waals surface area (Å²) in [4.78, 5) is 0.158. The molecule has 0 aliphatic heterocycles. The highest BCUT2D eigenvalue weighted by Gasteiger charge is 2.25. The number of benzene rings is 2. The van der Waals surface area contributed by atoms with Gasteiger partial charge in [-0.2, -0.15) is 0 Å². The van der Waals surface area contributed by atoms with Crippen molar-refractivity contribution in [2.75, 3.05) is 11.0 Å². The SMILES string of the molecule is Cc1c(C)c(C)c(S(=O)(=O)Nc2ccccc2S(C)(=O)=O)c(C)c1C. The Balaban J connectivity index is 2.69. The van der Waals surface area contributed by atoms with Crippen molar-refractivity contribution in [1.82, 2.24) is 0 Å². The van der Waals surface area contributed by atoms with Crippen LogP contribution in [-0.4, -0.2) is 23.1 Å². The molecule has 0 heterocycles. The Morgan fingerprint density at radius 1 is 0.720 bits per heavy atom. The number of hydrogen-bond donors (Lipinski definition) is 1. The van der Waals surface area contributed by atoms with Crippen LogP contribution in [0.2, 0.25) is 0 Å². The maximum Gasteiger partial charge on any atom is 0.262 e. The van der Waals surface area contributed by atoms with E-state index in [-0.39, 0.29) is 15.5 Å². The molecule has 0 amide bonds. The molecule has 0 aliphatic rings. The highest BCUT2D eigenvalue weighted by atomic mass is 32.2. The molecule has 2 aromatic carbocycles. The van der Waals surface area contributed by atoms with E-state index in [0.29, 0.717) is 11.1 Å². The minimum atomic E-state index is -3.93. The lowest BCUT2D eigenvalue weighted by Gasteiger charge is -2.20. The zero-order valence-corrected chi connectivity index (χ0v) is 16.9. The van der Waals surface area contributed by atoms with Gasteiger partial charge in [-0.15, -0.1) is 0 Å². The lowest BCUT2D eigenvalue weighted by Crippen LogP contribution is -2.19. The van der Waals surface area contributed by atoms with E-state index in [0.717, 1.165) is 22.9 Å². The second-order valence-electron chi connectivity index (χ2n) is 6.33. The van der Waals surface area contributed by atoms with Gasteiger partial charge in [-0.1, -0.05) is 12.1 Å². The van der Waals surface area contributed by atoms with E-state index in [9.17, 15) is 16.8 Å². The molecule has 0 aliphatic carbocycles. The highest BCUT2D eigenvalue weighted by Crippen LogP contribution is 2.32. The van der Waals surface area contributed by atoms with Gasteiger partial charge in [-0.25, -0.2) is 16.8 Å². The third-order valence-corrected chi connectivity index (χ3v) is 7.52. The van der Waals surface area contributed by atoms with Gasteiger partial charge < -0.3 is 0 Å². The number of para-hydroxylation sites is 1. The van der Waals surface area contributed by atoms with Crippen molar-refractivity contribution < 1.29 is 16.8 Å². The van der Waals surface area contributed by atoms with Crippen molar-refractivity contribution in [2.45, 2.75) is 44.4 Å². The molecule has 0 fully saturated rings. The van der Waals surface area contributed by atoms with Crippen LogP contribution in [-0.2, 0) is 19.9 Å². The van der Waals surface area contributed by atoms with E-state index >= 15 is 0 Å². The van der Waals surface area contributed by atoms with E-state index in [1.807, 2.05) is 20.8 Å². The van der Waals surface area contributed by atoms with Crippen LogP contribution in [0.25, 0.3) is 0 Å². The van der Waals surface area contributed by atoms with Crippen LogP contribution in [0.3, 0.4) is 0 Å². The number of sulfone groups is 1. The van der Waals surface area contributed by atoms with Crippen LogP contribution in [0, 0.1) is 34.6 Å². The molecule has 25 heavy (non-hydrogen) atoms. The van der Waals surface area contributed by atoms with Crippen LogP contribution < -0.4 is 4.72 Å². The third kappa shape index (κ3) is 3.57. The molecule has 136 valence electrons. The largest absolute Gasteiger partial charge is 0.278 e. The average molecular weight is 382 g/mol. The van der Waals surface area contributed by atoms with E-state index in [1.165, 1.54) is 12.1 Å². The Morgan fingerprint density at radius 2 is 1.16 bits per heavy atom. The zero-order chi connectivity index (χ0) is 19.2. The van der Waals surface area contributed by atoms with Gasteiger partial charge in [-0.3, -0.25) is 4.72 Å². The number of anilines is 1. The Labute approximate surface area is 150 Å². The van der Waals surface area contributed by atoms with Gasteiger partial charge >= 0.3 is 0 Å². The Bertz CT molecular complexity index is 1020. The molecule has 0 aromatic heterocycles. The molecule has 0 unspecified atom stereocenters. The molecule has 0 spiro atoms. The quantitative estimate of drug-likeness (QED) is 0.880.